The molecule has 0 aliphatic heterocycles. The number of benzene rings is 1. The minimum atomic E-state index is -0.165. The summed E-state index contributed by atoms with van der Waals surface area (Å²) in [6.45, 7) is 4.93. The van der Waals surface area contributed by atoms with Crippen LogP contribution in [0.25, 0.3) is 0 Å². The first-order valence-electron chi connectivity index (χ1n) is 6.28. The predicted molar refractivity (Wildman–Crippen MR) is 70.5 cm³/mol. The van der Waals surface area contributed by atoms with Gasteiger partial charge in [-0.3, -0.25) is 4.79 Å². The fraction of sp³-hybridized carbons (Fsp3) is 0.500. The van der Waals surface area contributed by atoms with Crippen molar-refractivity contribution in [3.8, 4) is 5.75 Å². The number of ether oxygens (including phenoxy) is 1. The van der Waals surface area contributed by atoms with E-state index in [-0.39, 0.29) is 17.8 Å². The predicted octanol–water partition coefficient (Wildman–Crippen LogP) is 1.87. The largest absolute Gasteiger partial charge is 0.508 e. The van der Waals surface area contributed by atoms with Crippen LogP contribution >= 0.6 is 0 Å². The molecule has 0 spiro atoms. The Balaban J connectivity index is 2.23. The second kappa shape index (κ2) is 7.71. The lowest BCUT2D eigenvalue weighted by Gasteiger charge is -2.13. The summed E-state index contributed by atoms with van der Waals surface area (Å²) in [7, 11) is 0. The van der Waals surface area contributed by atoms with Crippen molar-refractivity contribution in [3.63, 3.8) is 0 Å². The van der Waals surface area contributed by atoms with E-state index in [4.69, 9.17) is 4.74 Å². The topological polar surface area (TPSA) is 58.6 Å². The van der Waals surface area contributed by atoms with Gasteiger partial charge >= 0.3 is 5.97 Å². The third-order valence-electron chi connectivity index (χ3n) is 2.61. The van der Waals surface area contributed by atoms with E-state index in [1.807, 2.05) is 12.1 Å². The van der Waals surface area contributed by atoms with Crippen molar-refractivity contribution in [3.05, 3.63) is 29.8 Å². The Hall–Kier alpha value is -1.55. The Morgan fingerprint density at radius 2 is 2.06 bits per heavy atom. The highest BCUT2D eigenvalue weighted by molar-refractivity contribution is 5.69. The molecule has 0 aromatic heterocycles. The standard InChI is InChI=1S/C14H21NO3/c1-3-18-14(17)8-9-15-11(2)10-12-4-6-13(16)7-5-12/h4-7,11,15-16H,3,8-10H2,1-2H3. The maximum atomic E-state index is 11.1. The number of aromatic hydroxyl groups is 1. The van der Waals surface area contributed by atoms with Gasteiger partial charge in [-0.25, -0.2) is 0 Å². The number of phenols is 1. The third kappa shape index (κ3) is 5.68. The molecule has 1 unspecified atom stereocenters. The fourth-order valence-electron chi connectivity index (χ4n) is 1.71. The van der Waals surface area contributed by atoms with Crippen LogP contribution in [0, 0.1) is 0 Å². The normalized spacial score (nSPS) is 12.1. The summed E-state index contributed by atoms with van der Waals surface area (Å²) in [5.74, 6) is 0.114. The average Bonchev–Trinajstić information content (AvgIpc) is 2.32. The SMILES string of the molecule is CCOC(=O)CCNC(C)Cc1ccc(O)cc1. The molecule has 0 saturated heterocycles. The molecule has 1 aromatic rings. The Labute approximate surface area is 108 Å². The molecule has 0 radical (unpaired) electrons. The van der Waals surface area contributed by atoms with Crippen LogP contribution in [-0.2, 0) is 16.0 Å². The van der Waals surface area contributed by atoms with E-state index < -0.39 is 0 Å². The monoisotopic (exact) mass is 251 g/mol. The summed E-state index contributed by atoms with van der Waals surface area (Å²) in [5, 5.41) is 12.4. The molecule has 0 saturated carbocycles. The number of hydrogen-bond acceptors (Lipinski definition) is 4. The van der Waals surface area contributed by atoms with Crippen molar-refractivity contribution in [2.45, 2.75) is 32.7 Å². The van der Waals surface area contributed by atoms with Gasteiger partial charge in [0.25, 0.3) is 0 Å². The maximum Gasteiger partial charge on any atom is 0.307 e. The number of phenolic OH excluding ortho intramolecular Hbond substituents is 1. The van der Waals surface area contributed by atoms with Crippen LogP contribution < -0.4 is 5.32 Å². The molecule has 0 heterocycles. The van der Waals surface area contributed by atoms with Crippen molar-refractivity contribution in [1.29, 1.82) is 0 Å². The van der Waals surface area contributed by atoms with E-state index in [2.05, 4.69) is 12.2 Å². The summed E-state index contributed by atoms with van der Waals surface area (Å²) < 4.78 is 4.85. The Morgan fingerprint density at radius 1 is 1.39 bits per heavy atom. The first-order valence-corrected chi connectivity index (χ1v) is 6.28. The summed E-state index contributed by atoms with van der Waals surface area (Å²) in [6, 6.07) is 7.45. The summed E-state index contributed by atoms with van der Waals surface area (Å²) in [5.41, 5.74) is 1.16. The van der Waals surface area contributed by atoms with E-state index in [0.29, 0.717) is 19.6 Å². The molecular weight excluding hydrogens is 230 g/mol. The molecule has 1 rings (SSSR count). The summed E-state index contributed by atoms with van der Waals surface area (Å²) in [4.78, 5) is 11.1. The van der Waals surface area contributed by atoms with E-state index in [1.165, 1.54) is 0 Å². The van der Waals surface area contributed by atoms with Crippen molar-refractivity contribution < 1.29 is 14.6 Å². The molecular formula is C14H21NO3. The third-order valence-corrected chi connectivity index (χ3v) is 2.61. The number of carbonyl (C=O) groups excluding carboxylic acids is 1. The van der Waals surface area contributed by atoms with E-state index in [1.54, 1.807) is 19.1 Å². The molecule has 0 fully saturated rings. The molecule has 4 nitrogen and oxygen atoms in total. The molecule has 18 heavy (non-hydrogen) atoms. The lowest BCUT2D eigenvalue weighted by Crippen LogP contribution is -2.30. The minimum Gasteiger partial charge on any atom is -0.508 e. The summed E-state index contributed by atoms with van der Waals surface area (Å²) in [6.07, 6.45) is 1.26. The first kappa shape index (κ1) is 14.5. The van der Waals surface area contributed by atoms with Gasteiger partial charge in [0.1, 0.15) is 5.75 Å². The van der Waals surface area contributed by atoms with Gasteiger partial charge in [0, 0.05) is 12.6 Å². The van der Waals surface area contributed by atoms with E-state index in [0.717, 1.165) is 12.0 Å². The quantitative estimate of drug-likeness (QED) is 0.726. The van der Waals surface area contributed by atoms with Crippen LogP contribution in [0.4, 0.5) is 0 Å². The molecule has 4 heteroatoms. The highest BCUT2D eigenvalue weighted by Crippen LogP contribution is 2.11. The van der Waals surface area contributed by atoms with Crippen LogP contribution in [0.3, 0.4) is 0 Å². The number of nitrogens with one attached hydrogen (secondary N) is 1. The summed E-state index contributed by atoms with van der Waals surface area (Å²) >= 11 is 0. The molecule has 0 bridgehead atoms. The Morgan fingerprint density at radius 3 is 2.67 bits per heavy atom. The number of rotatable bonds is 7. The highest BCUT2D eigenvalue weighted by Gasteiger charge is 2.05. The van der Waals surface area contributed by atoms with Crippen LogP contribution in [0.1, 0.15) is 25.8 Å². The fourth-order valence-corrected chi connectivity index (χ4v) is 1.71. The van der Waals surface area contributed by atoms with Crippen molar-refractivity contribution >= 4 is 5.97 Å². The Kier molecular flexibility index (Phi) is 6.22. The van der Waals surface area contributed by atoms with Crippen molar-refractivity contribution in [1.82, 2.24) is 5.32 Å². The van der Waals surface area contributed by atoms with Crippen molar-refractivity contribution in [2.75, 3.05) is 13.2 Å². The van der Waals surface area contributed by atoms with Crippen LogP contribution in [0.5, 0.6) is 5.75 Å². The first-order chi connectivity index (χ1) is 8.61. The Bertz CT molecular complexity index is 362. The van der Waals surface area contributed by atoms with Crippen LogP contribution in [0.15, 0.2) is 24.3 Å². The average molecular weight is 251 g/mol. The molecule has 0 amide bonds. The van der Waals surface area contributed by atoms with Gasteiger partial charge in [-0.1, -0.05) is 12.1 Å². The number of carbonyl (C=O) groups is 1. The molecule has 0 aliphatic carbocycles. The smallest absolute Gasteiger partial charge is 0.307 e. The highest BCUT2D eigenvalue weighted by atomic mass is 16.5. The second-order valence-corrected chi connectivity index (χ2v) is 4.28. The molecule has 1 aromatic carbocycles. The van der Waals surface area contributed by atoms with Crippen LogP contribution in [-0.4, -0.2) is 30.3 Å². The van der Waals surface area contributed by atoms with E-state index in [9.17, 15) is 9.90 Å². The maximum absolute atomic E-state index is 11.1. The van der Waals surface area contributed by atoms with Crippen molar-refractivity contribution in [2.24, 2.45) is 0 Å². The zero-order chi connectivity index (χ0) is 13.4. The van der Waals surface area contributed by atoms with E-state index >= 15 is 0 Å². The number of esters is 1. The minimum absolute atomic E-state index is 0.165. The van der Waals surface area contributed by atoms with Gasteiger partial charge in [-0.15, -0.1) is 0 Å². The lowest BCUT2D eigenvalue weighted by molar-refractivity contribution is -0.142. The van der Waals surface area contributed by atoms with Gasteiger partial charge in [-0.2, -0.15) is 0 Å². The molecule has 1 atom stereocenters. The number of hydrogen-bond donors (Lipinski definition) is 2. The van der Waals surface area contributed by atoms with Gasteiger partial charge < -0.3 is 15.2 Å². The molecule has 100 valence electrons. The molecule has 0 aliphatic rings. The zero-order valence-electron chi connectivity index (χ0n) is 11.0. The molecule has 2 N–H and O–H groups in total. The zero-order valence-corrected chi connectivity index (χ0v) is 11.0. The second-order valence-electron chi connectivity index (χ2n) is 4.28. The van der Waals surface area contributed by atoms with Crippen LogP contribution in [0.2, 0.25) is 0 Å². The lowest BCUT2D eigenvalue weighted by atomic mass is 10.1. The van der Waals surface area contributed by atoms with Gasteiger partial charge in [0.2, 0.25) is 0 Å². The van der Waals surface area contributed by atoms with Gasteiger partial charge in [-0.05, 0) is 38.0 Å². The van der Waals surface area contributed by atoms with Gasteiger partial charge in [0.15, 0.2) is 0 Å². The van der Waals surface area contributed by atoms with Gasteiger partial charge in [0.05, 0.1) is 13.0 Å².